The van der Waals surface area contributed by atoms with Crippen LogP contribution in [0.15, 0.2) is 72.8 Å². The lowest BCUT2D eigenvalue weighted by Crippen LogP contribution is -2.32. The minimum absolute atomic E-state index is 0.162. The molecule has 5 nitrogen and oxygen atoms in total. The molecule has 0 saturated carbocycles. The van der Waals surface area contributed by atoms with E-state index in [1.807, 2.05) is 49.5 Å². The van der Waals surface area contributed by atoms with Crippen molar-refractivity contribution in [2.45, 2.75) is 25.7 Å². The van der Waals surface area contributed by atoms with Crippen molar-refractivity contribution < 1.29 is 19.0 Å². The monoisotopic (exact) mass is 438 g/mol. The number of likely N-dealkylation sites (N-methyl/N-ethyl adjacent to an activating group) is 1. The second-order valence-electron chi connectivity index (χ2n) is 7.87. The molecule has 0 aliphatic rings. The number of nitrogens with one attached hydrogen (secondary N) is 1. The lowest BCUT2D eigenvalue weighted by atomic mass is 10.2. The highest BCUT2D eigenvalue weighted by molar-refractivity contribution is 5.43. The molecule has 170 valence electrons. The largest absolute Gasteiger partial charge is 0.493 e. The topological polar surface area (TPSA) is 54.0 Å². The maximum absolute atomic E-state index is 13.3. The van der Waals surface area contributed by atoms with Crippen LogP contribution in [0.4, 0.5) is 4.39 Å². The minimum atomic E-state index is -0.636. The maximum Gasteiger partial charge on any atom is 0.161 e. The fraction of sp³-hybridized carbons (Fsp3) is 0.308. The molecule has 2 N–H and O–H groups in total. The Hall–Kier alpha value is -2.93. The summed E-state index contributed by atoms with van der Waals surface area (Å²) in [5.41, 5.74) is 3.09. The highest BCUT2D eigenvalue weighted by Crippen LogP contribution is 2.28. The predicted octanol–water partition coefficient (Wildman–Crippen LogP) is 4.00. The molecule has 0 radical (unpaired) electrons. The standard InChI is InChI=1S/C26H31FN2O3/c1-29(17-20-7-4-3-5-8-20)18-24(30)19-32-26-14-22(11-12-25(26)31-2)16-28-15-21-9-6-10-23(27)13-21/h3-14,24,28,30H,15-19H2,1-2H3/t24-/m0/s1. The summed E-state index contributed by atoms with van der Waals surface area (Å²) in [6, 6.07) is 22.4. The van der Waals surface area contributed by atoms with E-state index in [1.165, 1.54) is 17.7 Å². The first-order chi connectivity index (χ1) is 15.5. The summed E-state index contributed by atoms with van der Waals surface area (Å²) in [4.78, 5) is 2.06. The van der Waals surface area contributed by atoms with E-state index in [9.17, 15) is 9.50 Å². The smallest absolute Gasteiger partial charge is 0.161 e. The number of nitrogens with zero attached hydrogens (tertiary/aromatic N) is 1. The van der Waals surface area contributed by atoms with Gasteiger partial charge in [0.15, 0.2) is 11.5 Å². The van der Waals surface area contributed by atoms with Crippen LogP contribution < -0.4 is 14.8 Å². The van der Waals surface area contributed by atoms with Gasteiger partial charge in [0.25, 0.3) is 0 Å². The summed E-state index contributed by atoms with van der Waals surface area (Å²) in [7, 11) is 3.57. The van der Waals surface area contributed by atoms with Crippen molar-refractivity contribution in [1.29, 1.82) is 0 Å². The summed E-state index contributed by atoms with van der Waals surface area (Å²) in [6.45, 7) is 2.57. The number of rotatable bonds is 12. The van der Waals surface area contributed by atoms with E-state index in [-0.39, 0.29) is 12.4 Å². The Balaban J connectivity index is 1.49. The van der Waals surface area contributed by atoms with Crippen molar-refractivity contribution in [3.8, 4) is 11.5 Å². The van der Waals surface area contributed by atoms with Crippen molar-refractivity contribution in [1.82, 2.24) is 10.2 Å². The fourth-order valence-corrected chi connectivity index (χ4v) is 3.50. The molecule has 3 aromatic rings. The van der Waals surface area contributed by atoms with Gasteiger partial charge in [-0.2, -0.15) is 0 Å². The van der Waals surface area contributed by atoms with Gasteiger partial charge in [-0.1, -0.05) is 48.5 Å². The van der Waals surface area contributed by atoms with Gasteiger partial charge in [0.1, 0.15) is 18.5 Å². The van der Waals surface area contributed by atoms with Crippen molar-refractivity contribution in [3.63, 3.8) is 0 Å². The zero-order valence-corrected chi connectivity index (χ0v) is 18.6. The Kier molecular flexibility index (Phi) is 9.04. The van der Waals surface area contributed by atoms with Crippen LogP contribution in [0.5, 0.6) is 11.5 Å². The Bertz CT molecular complexity index is 968. The average Bonchev–Trinajstić information content (AvgIpc) is 2.78. The lowest BCUT2D eigenvalue weighted by molar-refractivity contribution is 0.0732. The number of methoxy groups -OCH3 is 1. The summed E-state index contributed by atoms with van der Waals surface area (Å²) in [5, 5.41) is 13.7. The Morgan fingerprint density at radius 3 is 2.34 bits per heavy atom. The number of aliphatic hydroxyl groups excluding tert-OH is 1. The molecule has 0 unspecified atom stereocenters. The molecule has 3 aromatic carbocycles. The minimum Gasteiger partial charge on any atom is -0.493 e. The molecule has 32 heavy (non-hydrogen) atoms. The van der Waals surface area contributed by atoms with Crippen LogP contribution >= 0.6 is 0 Å². The van der Waals surface area contributed by atoms with Crippen LogP contribution in [0.1, 0.15) is 16.7 Å². The summed E-state index contributed by atoms with van der Waals surface area (Å²) in [6.07, 6.45) is -0.636. The van der Waals surface area contributed by atoms with Gasteiger partial charge < -0.3 is 19.9 Å². The highest BCUT2D eigenvalue weighted by Gasteiger charge is 2.12. The van der Waals surface area contributed by atoms with E-state index in [4.69, 9.17) is 9.47 Å². The highest BCUT2D eigenvalue weighted by atomic mass is 19.1. The SMILES string of the molecule is COc1ccc(CNCc2cccc(F)c2)cc1OC[C@@H](O)CN(C)Cc1ccccc1. The van der Waals surface area contributed by atoms with E-state index in [0.717, 1.165) is 17.7 Å². The third kappa shape index (κ3) is 7.64. The Morgan fingerprint density at radius 1 is 0.906 bits per heavy atom. The molecular formula is C26H31FN2O3. The van der Waals surface area contributed by atoms with Crippen LogP contribution in [0.25, 0.3) is 0 Å². The predicted molar refractivity (Wildman–Crippen MR) is 124 cm³/mol. The van der Waals surface area contributed by atoms with Gasteiger partial charge in [-0.25, -0.2) is 4.39 Å². The summed E-state index contributed by atoms with van der Waals surface area (Å²) in [5.74, 6) is 0.962. The van der Waals surface area contributed by atoms with Crippen LogP contribution in [-0.2, 0) is 19.6 Å². The maximum atomic E-state index is 13.3. The molecule has 0 bridgehead atoms. The summed E-state index contributed by atoms with van der Waals surface area (Å²) < 4.78 is 24.6. The van der Waals surface area contributed by atoms with E-state index < -0.39 is 6.10 Å². The van der Waals surface area contributed by atoms with Crippen LogP contribution in [0.3, 0.4) is 0 Å². The second-order valence-corrected chi connectivity index (χ2v) is 7.87. The fourth-order valence-electron chi connectivity index (χ4n) is 3.50. The van der Waals surface area contributed by atoms with Crippen LogP contribution in [0, 0.1) is 5.82 Å². The van der Waals surface area contributed by atoms with Gasteiger partial charge in [-0.05, 0) is 48.0 Å². The Labute approximate surface area is 189 Å². The number of ether oxygens (including phenoxy) is 2. The van der Waals surface area contributed by atoms with Gasteiger partial charge >= 0.3 is 0 Å². The molecule has 0 aromatic heterocycles. The quantitative estimate of drug-likeness (QED) is 0.448. The van der Waals surface area contributed by atoms with Crippen molar-refractivity contribution in [3.05, 3.63) is 95.3 Å². The number of benzene rings is 3. The Morgan fingerprint density at radius 2 is 1.62 bits per heavy atom. The number of hydrogen-bond acceptors (Lipinski definition) is 5. The molecule has 0 saturated heterocycles. The zero-order chi connectivity index (χ0) is 22.8. The van der Waals surface area contributed by atoms with Crippen LogP contribution in [-0.4, -0.2) is 43.4 Å². The van der Waals surface area contributed by atoms with E-state index in [1.54, 1.807) is 13.2 Å². The van der Waals surface area contributed by atoms with Gasteiger partial charge in [0, 0.05) is 26.2 Å². The first-order valence-corrected chi connectivity index (χ1v) is 10.7. The zero-order valence-electron chi connectivity index (χ0n) is 18.6. The summed E-state index contributed by atoms with van der Waals surface area (Å²) >= 11 is 0. The number of hydrogen-bond donors (Lipinski definition) is 2. The molecule has 6 heteroatoms. The van der Waals surface area contributed by atoms with Gasteiger partial charge in [0.2, 0.25) is 0 Å². The molecule has 0 aliphatic heterocycles. The third-order valence-electron chi connectivity index (χ3n) is 5.02. The normalized spacial score (nSPS) is 12.0. The molecule has 0 spiro atoms. The van der Waals surface area contributed by atoms with Gasteiger partial charge in [-0.15, -0.1) is 0 Å². The first-order valence-electron chi connectivity index (χ1n) is 10.7. The van der Waals surface area contributed by atoms with Crippen LogP contribution in [0.2, 0.25) is 0 Å². The number of aliphatic hydroxyl groups is 1. The molecule has 0 heterocycles. The molecule has 0 aliphatic carbocycles. The molecular weight excluding hydrogens is 407 g/mol. The van der Waals surface area contributed by atoms with Crippen molar-refractivity contribution >= 4 is 0 Å². The number of halogens is 1. The van der Waals surface area contributed by atoms with E-state index in [0.29, 0.717) is 31.1 Å². The first kappa shape index (κ1) is 23.7. The molecule has 0 fully saturated rings. The van der Waals surface area contributed by atoms with Crippen molar-refractivity contribution in [2.75, 3.05) is 27.3 Å². The van der Waals surface area contributed by atoms with Crippen molar-refractivity contribution in [2.24, 2.45) is 0 Å². The van der Waals surface area contributed by atoms with Gasteiger partial charge in [0.05, 0.1) is 7.11 Å². The lowest BCUT2D eigenvalue weighted by Gasteiger charge is -2.21. The molecule has 1 atom stereocenters. The second kappa shape index (κ2) is 12.2. The van der Waals surface area contributed by atoms with Gasteiger partial charge in [-0.3, -0.25) is 4.90 Å². The van der Waals surface area contributed by atoms with E-state index >= 15 is 0 Å². The molecule has 0 amide bonds. The molecule has 3 rings (SSSR count). The van der Waals surface area contributed by atoms with E-state index in [2.05, 4.69) is 22.3 Å². The third-order valence-corrected chi connectivity index (χ3v) is 5.02. The average molecular weight is 439 g/mol.